The van der Waals surface area contributed by atoms with Gasteiger partial charge in [-0.3, -0.25) is 0 Å². The average Bonchev–Trinajstić information content (AvgIpc) is 3.20. The predicted molar refractivity (Wildman–Crippen MR) is 79.7 cm³/mol. The monoisotopic (exact) mass is 310 g/mol. The van der Waals surface area contributed by atoms with Gasteiger partial charge in [-0.2, -0.15) is 17.4 Å². The maximum Gasteiger partial charge on any atom is 0.328 e. The van der Waals surface area contributed by atoms with Crippen LogP contribution in [-0.4, -0.2) is 36.9 Å². The molecule has 1 aromatic carbocycles. The number of hydrogen-bond donors (Lipinski definition) is 2. The molecule has 2 N–H and O–H groups in total. The van der Waals surface area contributed by atoms with Gasteiger partial charge in [-0.1, -0.05) is 24.3 Å². The van der Waals surface area contributed by atoms with Crippen molar-refractivity contribution in [1.29, 1.82) is 0 Å². The van der Waals surface area contributed by atoms with E-state index in [-0.39, 0.29) is 12.6 Å². The third-order valence-electron chi connectivity index (χ3n) is 3.08. The molecule has 0 unspecified atom stereocenters. The molecular weight excluding hydrogens is 292 g/mol. The molecule has 0 aromatic heterocycles. The first-order valence-corrected chi connectivity index (χ1v) is 8.04. The number of hydrogen-bond acceptors (Lipinski definition) is 3. The summed E-state index contributed by atoms with van der Waals surface area (Å²) in [5.74, 6) is -1.02. The Kier molecular flexibility index (Phi) is 4.76. The molecule has 0 atom stereocenters. The van der Waals surface area contributed by atoms with Crippen LogP contribution in [-0.2, 0) is 21.5 Å². The summed E-state index contributed by atoms with van der Waals surface area (Å²) in [4.78, 5) is 10.5. The van der Waals surface area contributed by atoms with Crippen molar-refractivity contribution in [2.24, 2.45) is 0 Å². The van der Waals surface area contributed by atoms with Gasteiger partial charge in [0.15, 0.2) is 0 Å². The maximum atomic E-state index is 12.0. The van der Waals surface area contributed by atoms with Gasteiger partial charge >= 0.3 is 5.97 Å². The predicted octanol–water partition coefficient (Wildman–Crippen LogP) is 1.21. The van der Waals surface area contributed by atoms with Gasteiger partial charge in [0.25, 0.3) is 10.2 Å². The lowest BCUT2D eigenvalue weighted by Crippen LogP contribution is -2.38. The van der Waals surface area contributed by atoms with Gasteiger partial charge < -0.3 is 5.11 Å². The summed E-state index contributed by atoms with van der Waals surface area (Å²) in [5.41, 5.74) is 1.52. The van der Waals surface area contributed by atoms with Crippen molar-refractivity contribution in [2.45, 2.75) is 25.4 Å². The number of carbonyl (C=O) groups is 1. The van der Waals surface area contributed by atoms with E-state index in [1.54, 1.807) is 24.3 Å². The number of rotatable bonds is 7. The van der Waals surface area contributed by atoms with Crippen LogP contribution in [0, 0.1) is 0 Å². The molecule has 1 saturated carbocycles. The van der Waals surface area contributed by atoms with Crippen molar-refractivity contribution in [2.75, 3.05) is 7.05 Å². The lowest BCUT2D eigenvalue weighted by Gasteiger charge is -2.17. The third kappa shape index (κ3) is 4.96. The molecular formula is C14H18N2O4S. The first kappa shape index (κ1) is 15.7. The summed E-state index contributed by atoms with van der Waals surface area (Å²) in [6, 6.07) is 7.18. The molecule has 0 heterocycles. The summed E-state index contributed by atoms with van der Waals surface area (Å²) in [7, 11) is -1.94. The number of carboxylic acids is 1. The Bertz CT molecular complexity index is 651. The summed E-state index contributed by atoms with van der Waals surface area (Å²) in [5, 5.41) is 8.60. The molecule has 0 spiro atoms. The number of aliphatic carboxylic acids is 1. The zero-order valence-electron chi connectivity index (χ0n) is 11.7. The highest BCUT2D eigenvalue weighted by atomic mass is 32.2. The van der Waals surface area contributed by atoms with Crippen LogP contribution in [0.4, 0.5) is 0 Å². The zero-order chi connectivity index (χ0) is 15.5. The van der Waals surface area contributed by atoms with Gasteiger partial charge in [-0.15, -0.1) is 0 Å². The van der Waals surface area contributed by atoms with Crippen LogP contribution in [0.15, 0.2) is 30.3 Å². The minimum Gasteiger partial charge on any atom is -0.478 e. The summed E-state index contributed by atoms with van der Waals surface area (Å²) < 4.78 is 27.9. The molecule has 1 fully saturated rings. The van der Waals surface area contributed by atoms with Gasteiger partial charge in [-0.25, -0.2) is 4.79 Å². The van der Waals surface area contributed by atoms with Crippen molar-refractivity contribution >= 4 is 22.3 Å². The molecule has 0 amide bonds. The molecule has 21 heavy (non-hydrogen) atoms. The van der Waals surface area contributed by atoms with Crippen LogP contribution in [0.5, 0.6) is 0 Å². The van der Waals surface area contributed by atoms with Gasteiger partial charge in [0, 0.05) is 25.7 Å². The SMILES string of the molecule is CN(Cc1cccc(/C=C/C(=O)O)c1)S(=O)(=O)NC1CC1. The first-order valence-electron chi connectivity index (χ1n) is 6.60. The van der Waals surface area contributed by atoms with E-state index in [1.165, 1.54) is 17.4 Å². The molecule has 6 nitrogen and oxygen atoms in total. The van der Waals surface area contributed by atoms with Crippen LogP contribution in [0.1, 0.15) is 24.0 Å². The first-order chi connectivity index (χ1) is 9.87. The fraction of sp³-hybridized carbons (Fsp3) is 0.357. The molecule has 0 radical (unpaired) electrons. The van der Waals surface area contributed by atoms with Gasteiger partial charge in [0.1, 0.15) is 0 Å². The van der Waals surface area contributed by atoms with Crippen LogP contribution in [0.2, 0.25) is 0 Å². The second kappa shape index (κ2) is 6.38. The molecule has 114 valence electrons. The maximum absolute atomic E-state index is 12.0. The number of benzene rings is 1. The van der Waals surface area contributed by atoms with E-state index in [4.69, 9.17) is 5.11 Å². The second-order valence-electron chi connectivity index (χ2n) is 5.07. The molecule has 7 heteroatoms. The average molecular weight is 310 g/mol. The van der Waals surface area contributed by atoms with Gasteiger partial charge in [0.05, 0.1) is 0 Å². The molecule has 1 aliphatic carbocycles. The van der Waals surface area contributed by atoms with Crippen molar-refractivity contribution < 1.29 is 18.3 Å². The van der Waals surface area contributed by atoms with E-state index in [1.807, 2.05) is 0 Å². The Balaban J connectivity index is 2.04. The Morgan fingerprint density at radius 1 is 1.48 bits per heavy atom. The number of carboxylic acid groups (broad SMARTS) is 1. The van der Waals surface area contributed by atoms with Crippen molar-refractivity contribution in [1.82, 2.24) is 9.03 Å². The Morgan fingerprint density at radius 2 is 2.19 bits per heavy atom. The molecule has 1 aliphatic rings. The van der Waals surface area contributed by atoms with Crippen LogP contribution >= 0.6 is 0 Å². The highest BCUT2D eigenvalue weighted by Crippen LogP contribution is 2.21. The highest BCUT2D eigenvalue weighted by molar-refractivity contribution is 7.87. The lowest BCUT2D eigenvalue weighted by atomic mass is 10.1. The van der Waals surface area contributed by atoms with Crippen LogP contribution in [0.25, 0.3) is 6.08 Å². The normalized spacial score (nSPS) is 15.7. The fourth-order valence-electron chi connectivity index (χ4n) is 1.81. The quantitative estimate of drug-likeness (QED) is 0.741. The van der Waals surface area contributed by atoms with E-state index in [0.29, 0.717) is 0 Å². The molecule has 0 bridgehead atoms. The summed E-state index contributed by atoms with van der Waals surface area (Å²) in [6.07, 6.45) is 4.31. The van der Waals surface area contributed by atoms with E-state index >= 15 is 0 Å². The largest absolute Gasteiger partial charge is 0.478 e. The van der Waals surface area contributed by atoms with Crippen LogP contribution in [0.3, 0.4) is 0 Å². The van der Waals surface area contributed by atoms with E-state index < -0.39 is 16.2 Å². The fourth-order valence-corrected chi connectivity index (χ4v) is 2.96. The lowest BCUT2D eigenvalue weighted by molar-refractivity contribution is -0.131. The standard InChI is InChI=1S/C14H18N2O4S/c1-16(21(19,20)15-13-6-7-13)10-12-4-2-3-11(9-12)5-8-14(17)18/h2-5,8-9,13,15H,6-7,10H2,1H3,(H,17,18)/b8-5+. The smallest absolute Gasteiger partial charge is 0.328 e. The highest BCUT2D eigenvalue weighted by Gasteiger charge is 2.29. The Hall–Kier alpha value is -1.70. The van der Waals surface area contributed by atoms with Crippen molar-refractivity contribution in [3.8, 4) is 0 Å². The Morgan fingerprint density at radius 3 is 2.81 bits per heavy atom. The number of nitrogens with one attached hydrogen (secondary N) is 1. The van der Waals surface area contributed by atoms with Crippen molar-refractivity contribution in [3.63, 3.8) is 0 Å². The van der Waals surface area contributed by atoms with Gasteiger partial charge in [-0.05, 0) is 30.0 Å². The van der Waals surface area contributed by atoms with Gasteiger partial charge in [0.2, 0.25) is 0 Å². The molecule has 0 saturated heterocycles. The number of nitrogens with zero attached hydrogens (tertiary/aromatic N) is 1. The second-order valence-corrected chi connectivity index (χ2v) is 6.88. The van der Waals surface area contributed by atoms with E-state index in [0.717, 1.165) is 30.0 Å². The summed E-state index contributed by atoms with van der Waals surface area (Å²) in [6.45, 7) is 0.233. The molecule has 2 rings (SSSR count). The van der Waals surface area contributed by atoms with Crippen LogP contribution < -0.4 is 4.72 Å². The van der Waals surface area contributed by atoms with E-state index in [9.17, 15) is 13.2 Å². The minimum absolute atomic E-state index is 0.0716. The topological polar surface area (TPSA) is 86.7 Å². The molecule has 1 aromatic rings. The Labute approximate surface area is 124 Å². The van der Waals surface area contributed by atoms with Crippen molar-refractivity contribution in [3.05, 3.63) is 41.5 Å². The minimum atomic E-state index is -3.46. The van der Waals surface area contributed by atoms with E-state index in [2.05, 4.69) is 4.72 Å². The third-order valence-corrected chi connectivity index (χ3v) is 4.66. The zero-order valence-corrected chi connectivity index (χ0v) is 12.5. The molecule has 0 aliphatic heterocycles. The summed E-state index contributed by atoms with van der Waals surface area (Å²) >= 11 is 0.